The second kappa shape index (κ2) is 8.18. The first-order valence-electron chi connectivity index (χ1n) is 8.37. The number of amides is 1. The van der Waals surface area contributed by atoms with Crippen molar-refractivity contribution in [1.82, 2.24) is 4.90 Å². The molecule has 1 aromatic carbocycles. The van der Waals surface area contributed by atoms with E-state index in [1.54, 1.807) is 7.11 Å². The first kappa shape index (κ1) is 16.8. The molecule has 1 fully saturated rings. The van der Waals surface area contributed by atoms with Gasteiger partial charge in [0.2, 0.25) is 5.91 Å². The fourth-order valence-electron chi connectivity index (χ4n) is 3.19. The lowest BCUT2D eigenvalue weighted by Crippen LogP contribution is -2.45. The number of nitrogens with two attached hydrogens (primary N) is 1. The Morgan fingerprint density at radius 1 is 1.32 bits per heavy atom. The minimum atomic E-state index is -0.371. The maximum Gasteiger partial charge on any atom is 0.239 e. The van der Waals surface area contributed by atoms with Crippen LogP contribution in [0.3, 0.4) is 0 Å². The smallest absolute Gasteiger partial charge is 0.239 e. The number of methoxy groups -OCH3 is 1. The van der Waals surface area contributed by atoms with Crippen molar-refractivity contribution in [1.29, 1.82) is 0 Å². The van der Waals surface area contributed by atoms with Crippen molar-refractivity contribution in [2.75, 3.05) is 13.7 Å². The highest BCUT2D eigenvalue weighted by Crippen LogP contribution is 2.31. The Morgan fingerprint density at radius 3 is 2.68 bits per heavy atom. The quantitative estimate of drug-likeness (QED) is 0.908. The van der Waals surface area contributed by atoms with Crippen molar-refractivity contribution in [3.05, 3.63) is 29.8 Å². The van der Waals surface area contributed by atoms with Gasteiger partial charge in [-0.1, -0.05) is 38.3 Å². The van der Waals surface area contributed by atoms with Crippen molar-refractivity contribution in [3.63, 3.8) is 0 Å². The van der Waals surface area contributed by atoms with E-state index in [4.69, 9.17) is 10.5 Å². The summed E-state index contributed by atoms with van der Waals surface area (Å²) in [5.74, 6) is 0.947. The van der Waals surface area contributed by atoms with Gasteiger partial charge in [-0.3, -0.25) is 4.79 Å². The molecule has 2 rings (SSSR count). The van der Waals surface area contributed by atoms with Crippen LogP contribution in [-0.2, 0) is 4.79 Å². The Hall–Kier alpha value is -1.55. The maximum absolute atomic E-state index is 12.7. The lowest BCUT2D eigenvalue weighted by atomic mass is 9.99. The van der Waals surface area contributed by atoms with Crippen molar-refractivity contribution < 1.29 is 9.53 Å². The van der Waals surface area contributed by atoms with Gasteiger partial charge in [0, 0.05) is 6.54 Å². The third-order valence-electron chi connectivity index (χ3n) is 4.45. The highest BCUT2D eigenvalue weighted by Gasteiger charge is 2.29. The molecule has 4 heteroatoms. The largest absolute Gasteiger partial charge is 0.497 e. The molecule has 1 aliphatic rings. The number of nitrogens with zero attached hydrogens (tertiary/aromatic N) is 1. The Kier molecular flexibility index (Phi) is 6.25. The standard InChI is InChI=1S/C18H28N2O2/c1-3-7-16(19)18(21)20-13-6-4-5-8-17(20)14-9-11-15(22-2)12-10-14/h9-12,16-17H,3-8,13,19H2,1-2H3. The van der Waals surface area contributed by atoms with Gasteiger partial charge >= 0.3 is 0 Å². The molecule has 0 radical (unpaired) electrons. The number of benzene rings is 1. The molecule has 2 N–H and O–H groups in total. The molecule has 2 atom stereocenters. The molecule has 4 nitrogen and oxygen atoms in total. The Morgan fingerprint density at radius 2 is 2.05 bits per heavy atom. The third-order valence-corrected chi connectivity index (χ3v) is 4.45. The summed E-state index contributed by atoms with van der Waals surface area (Å²) < 4.78 is 5.23. The molecule has 0 bridgehead atoms. The monoisotopic (exact) mass is 304 g/mol. The van der Waals surface area contributed by atoms with Gasteiger partial charge in [0.05, 0.1) is 19.2 Å². The number of hydrogen-bond donors (Lipinski definition) is 1. The summed E-state index contributed by atoms with van der Waals surface area (Å²) in [5, 5.41) is 0. The van der Waals surface area contributed by atoms with Gasteiger partial charge in [-0.25, -0.2) is 0 Å². The Balaban J connectivity index is 2.21. The van der Waals surface area contributed by atoms with Gasteiger partial charge in [-0.2, -0.15) is 0 Å². The molecule has 1 aliphatic heterocycles. The van der Waals surface area contributed by atoms with Crippen molar-refractivity contribution in [2.24, 2.45) is 5.73 Å². The van der Waals surface area contributed by atoms with Crippen molar-refractivity contribution in [2.45, 2.75) is 57.5 Å². The van der Waals surface area contributed by atoms with E-state index in [0.717, 1.165) is 44.4 Å². The minimum Gasteiger partial charge on any atom is -0.497 e. The van der Waals surface area contributed by atoms with E-state index in [0.29, 0.717) is 0 Å². The number of carbonyl (C=O) groups is 1. The van der Waals surface area contributed by atoms with E-state index in [9.17, 15) is 4.79 Å². The molecule has 1 aromatic rings. The van der Waals surface area contributed by atoms with Gasteiger partial charge in [-0.15, -0.1) is 0 Å². The lowest BCUT2D eigenvalue weighted by Gasteiger charge is -2.32. The fraction of sp³-hybridized carbons (Fsp3) is 0.611. The summed E-state index contributed by atoms with van der Waals surface area (Å²) in [6, 6.07) is 7.84. The molecule has 0 spiro atoms. The van der Waals surface area contributed by atoms with Crippen LogP contribution in [0.2, 0.25) is 0 Å². The number of carbonyl (C=O) groups excluding carboxylic acids is 1. The van der Waals surface area contributed by atoms with Crippen LogP contribution in [0.5, 0.6) is 5.75 Å². The van der Waals surface area contributed by atoms with Crippen LogP contribution in [-0.4, -0.2) is 30.5 Å². The van der Waals surface area contributed by atoms with Gasteiger partial charge < -0.3 is 15.4 Å². The summed E-state index contributed by atoms with van der Waals surface area (Å²) in [6.07, 6.45) is 6.11. The first-order chi connectivity index (χ1) is 10.7. The van der Waals surface area contributed by atoms with Crippen LogP contribution >= 0.6 is 0 Å². The molecule has 0 aromatic heterocycles. The molecule has 1 amide bonds. The molecule has 2 unspecified atom stereocenters. The molecule has 1 saturated heterocycles. The van der Waals surface area contributed by atoms with E-state index < -0.39 is 0 Å². The van der Waals surface area contributed by atoms with Crippen LogP contribution in [0, 0.1) is 0 Å². The summed E-state index contributed by atoms with van der Waals surface area (Å²) in [5.41, 5.74) is 7.26. The second-order valence-corrected chi connectivity index (χ2v) is 6.07. The third kappa shape index (κ3) is 4.01. The second-order valence-electron chi connectivity index (χ2n) is 6.07. The number of rotatable bonds is 5. The minimum absolute atomic E-state index is 0.101. The van der Waals surface area contributed by atoms with E-state index in [1.165, 1.54) is 12.0 Å². The molecule has 22 heavy (non-hydrogen) atoms. The first-order valence-corrected chi connectivity index (χ1v) is 8.37. The fourth-order valence-corrected chi connectivity index (χ4v) is 3.19. The highest BCUT2D eigenvalue weighted by atomic mass is 16.5. The van der Waals surface area contributed by atoms with E-state index >= 15 is 0 Å². The predicted octanol–water partition coefficient (Wildman–Crippen LogP) is 3.27. The molecule has 0 aliphatic carbocycles. The predicted molar refractivity (Wildman–Crippen MR) is 88.8 cm³/mol. The summed E-state index contributed by atoms with van der Waals surface area (Å²) in [4.78, 5) is 14.7. The molecular weight excluding hydrogens is 276 g/mol. The van der Waals surface area contributed by atoms with E-state index in [1.807, 2.05) is 17.0 Å². The van der Waals surface area contributed by atoms with E-state index in [-0.39, 0.29) is 18.0 Å². The molecule has 1 heterocycles. The Labute approximate surface area is 133 Å². The van der Waals surface area contributed by atoms with Gasteiger partial charge in [0.1, 0.15) is 5.75 Å². The molecule has 122 valence electrons. The average molecular weight is 304 g/mol. The highest BCUT2D eigenvalue weighted by molar-refractivity contribution is 5.82. The zero-order valence-corrected chi connectivity index (χ0v) is 13.8. The maximum atomic E-state index is 12.7. The summed E-state index contributed by atoms with van der Waals surface area (Å²) in [6.45, 7) is 2.88. The van der Waals surface area contributed by atoms with Crippen LogP contribution in [0.1, 0.15) is 57.1 Å². The van der Waals surface area contributed by atoms with Crippen LogP contribution in [0.25, 0.3) is 0 Å². The van der Waals surface area contributed by atoms with Crippen LogP contribution in [0.4, 0.5) is 0 Å². The van der Waals surface area contributed by atoms with Crippen LogP contribution < -0.4 is 10.5 Å². The number of ether oxygens (including phenoxy) is 1. The molecule has 0 saturated carbocycles. The lowest BCUT2D eigenvalue weighted by molar-refractivity contribution is -0.135. The SMILES string of the molecule is CCCC(N)C(=O)N1CCCCCC1c1ccc(OC)cc1. The van der Waals surface area contributed by atoms with Gasteiger partial charge in [0.25, 0.3) is 0 Å². The number of hydrogen-bond acceptors (Lipinski definition) is 3. The summed E-state index contributed by atoms with van der Waals surface area (Å²) in [7, 11) is 1.67. The average Bonchev–Trinajstić information content (AvgIpc) is 2.80. The summed E-state index contributed by atoms with van der Waals surface area (Å²) >= 11 is 0. The zero-order chi connectivity index (χ0) is 15.9. The topological polar surface area (TPSA) is 55.6 Å². The van der Waals surface area contributed by atoms with E-state index in [2.05, 4.69) is 19.1 Å². The number of likely N-dealkylation sites (tertiary alicyclic amines) is 1. The van der Waals surface area contributed by atoms with Gasteiger partial charge in [-0.05, 0) is 37.0 Å². The van der Waals surface area contributed by atoms with Crippen molar-refractivity contribution in [3.8, 4) is 5.75 Å². The van der Waals surface area contributed by atoms with Crippen molar-refractivity contribution >= 4 is 5.91 Å². The van der Waals surface area contributed by atoms with Gasteiger partial charge in [0.15, 0.2) is 0 Å². The Bertz CT molecular complexity index is 472. The van der Waals surface area contributed by atoms with Crippen LogP contribution in [0.15, 0.2) is 24.3 Å². The normalized spacial score (nSPS) is 20.3. The molecular formula is C18H28N2O2. The zero-order valence-electron chi connectivity index (χ0n) is 13.8.